The average molecular weight is 401 g/mol. The highest BCUT2D eigenvalue weighted by Gasteiger charge is 2.21. The van der Waals surface area contributed by atoms with E-state index in [4.69, 9.17) is 16.5 Å². The van der Waals surface area contributed by atoms with Crippen LogP contribution in [-0.4, -0.2) is 25.5 Å². The number of unbranched alkanes of at least 4 members (excludes halogenated alkanes) is 1. The lowest BCUT2D eigenvalue weighted by Crippen LogP contribution is -2.14. The average Bonchev–Trinajstić information content (AvgIpc) is 3.05. The Morgan fingerprint density at radius 3 is 2.89 bits per heavy atom. The molecule has 0 bridgehead atoms. The van der Waals surface area contributed by atoms with Crippen molar-refractivity contribution in [1.29, 1.82) is 0 Å². The minimum Gasteiger partial charge on any atom is -0.494 e. The van der Waals surface area contributed by atoms with E-state index in [9.17, 15) is 9.18 Å². The van der Waals surface area contributed by atoms with E-state index in [0.717, 1.165) is 16.9 Å². The van der Waals surface area contributed by atoms with Gasteiger partial charge in [0.15, 0.2) is 0 Å². The summed E-state index contributed by atoms with van der Waals surface area (Å²) < 4.78 is 22.8. The zero-order chi connectivity index (χ0) is 19.8. The van der Waals surface area contributed by atoms with Crippen LogP contribution < -0.4 is 10.3 Å². The Balaban J connectivity index is 2.01. The maximum Gasteiger partial charge on any atom is 0.277 e. The molecule has 0 spiro atoms. The van der Waals surface area contributed by atoms with Gasteiger partial charge >= 0.3 is 0 Å². The molecule has 6 nitrogen and oxygen atoms in total. The van der Waals surface area contributed by atoms with Gasteiger partial charge in [0, 0.05) is 24.0 Å². The van der Waals surface area contributed by atoms with Crippen molar-refractivity contribution in [3.05, 3.63) is 58.4 Å². The van der Waals surface area contributed by atoms with Crippen LogP contribution in [0, 0.1) is 12.7 Å². The maximum absolute atomic E-state index is 14.7. The number of benzene rings is 1. The third kappa shape index (κ3) is 2.92. The number of rotatable bonds is 5. The Labute approximate surface area is 165 Å². The van der Waals surface area contributed by atoms with Crippen molar-refractivity contribution < 1.29 is 9.13 Å². The maximum atomic E-state index is 14.7. The van der Waals surface area contributed by atoms with Gasteiger partial charge in [0.25, 0.3) is 5.56 Å². The van der Waals surface area contributed by atoms with Gasteiger partial charge in [-0.3, -0.25) is 9.78 Å². The Morgan fingerprint density at radius 2 is 2.11 bits per heavy atom. The second-order valence-corrected chi connectivity index (χ2v) is 6.83. The number of aryl methyl sites for hydroxylation is 1. The second-order valence-electron chi connectivity index (χ2n) is 6.49. The Kier molecular flexibility index (Phi) is 4.77. The highest BCUT2D eigenvalue weighted by Crippen LogP contribution is 2.29. The fraction of sp³-hybridized carbons (Fsp3) is 0.250. The standard InChI is InChI=1S/C20H18ClFN4O2/c1-3-4-10-28-13-7-8-14(22)16(11-13)26-19-17(12(2)24-26)20(27)25(21)15-6-5-9-23-18(15)19/h5-9,11H,3-4,10H2,1-2H3. The van der Waals surface area contributed by atoms with Gasteiger partial charge in [-0.15, -0.1) is 0 Å². The third-order valence-electron chi connectivity index (χ3n) is 4.59. The van der Waals surface area contributed by atoms with Gasteiger partial charge in [0.2, 0.25) is 0 Å². The fourth-order valence-electron chi connectivity index (χ4n) is 3.20. The van der Waals surface area contributed by atoms with Gasteiger partial charge in [-0.25, -0.2) is 13.2 Å². The molecule has 1 aromatic carbocycles. The van der Waals surface area contributed by atoms with Gasteiger partial charge in [-0.2, -0.15) is 5.10 Å². The van der Waals surface area contributed by atoms with Crippen LogP contribution in [0.15, 0.2) is 41.3 Å². The van der Waals surface area contributed by atoms with E-state index in [2.05, 4.69) is 17.0 Å². The lowest BCUT2D eigenvalue weighted by atomic mass is 10.2. The van der Waals surface area contributed by atoms with Crippen molar-refractivity contribution in [3.63, 3.8) is 0 Å². The Bertz CT molecular complexity index is 1250. The number of fused-ring (bicyclic) bond motifs is 3. The SMILES string of the molecule is CCCCOc1ccc(F)c(-n2nc(C)c3c(=O)n(Cl)c4cccnc4c32)c1. The lowest BCUT2D eigenvalue weighted by molar-refractivity contribution is 0.309. The van der Waals surface area contributed by atoms with E-state index < -0.39 is 11.4 Å². The van der Waals surface area contributed by atoms with Crippen LogP contribution in [0.25, 0.3) is 27.6 Å². The Hall–Kier alpha value is -2.93. The number of hydrogen-bond acceptors (Lipinski definition) is 4. The molecule has 0 saturated heterocycles. The molecule has 28 heavy (non-hydrogen) atoms. The first kappa shape index (κ1) is 18.4. The highest BCUT2D eigenvalue weighted by atomic mass is 35.5. The van der Waals surface area contributed by atoms with Crippen LogP contribution in [0.3, 0.4) is 0 Å². The van der Waals surface area contributed by atoms with Crippen LogP contribution in [-0.2, 0) is 0 Å². The van der Waals surface area contributed by atoms with Crippen LogP contribution in [0.5, 0.6) is 5.75 Å². The molecule has 0 aliphatic rings. The summed E-state index contributed by atoms with van der Waals surface area (Å²) >= 11 is 6.19. The van der Waals surface area contributed by atoms with Crippen LogP contribution in [0.2, 0.25) is 0 Å². The summed E-state index contributed by atoms with van der Waals surface area (Å²) in [4.78, 5) is 17.1. The van der Waals surface area contributed by atoms with E-state index >= 15 is 0 Å². The molecule has 4 rings (SSSR count). The molecule has 8 heteroatoms. The summed E-state index contributed by atoms with van der Waals surface area (Å²) in [6.07, 6.45) is 3.50. The number of aromatic nitrogens is 4. The summed E-state index contributed by atoms with van der Waals surface area (Å²) in [7, 11) is 0. The summed E-state index contributed by atoms with van der Waals surface area (Å²) in [6.45, 7) is 4.30. The van der Waals surface area contributed by atoms with Crippen molar-refractivity contribution in [1.82, 2.24) is 18.9 Å². The molecule has 144 valence electrons. The van der Waals surface area contributed by atoms with E-state index in [0.29, 0.717) is 40.0 Å². The molecular weight excluding hydrogens is 383 g/mol. The summed E-state index contributed by atoms with van der Waals surface area (Å²) in [5.41, 5.74) is 1.52. The van der Waals surface area contributed by atoms with Crippen molar-refractivity contribution in [2.45, 2.75) is 26.7 Å². The molecule has 0 unspecified atom stereocenters. The van der Waals surface area contributed by atoms with Crippen LogP contribution in [0.1, 0.15) is 25.5 Å². The lowest BCUT2D eigenvalue weighted by Gasteiger charge is -2.11. The first-order valence-electron chi connectivity index (χ1n) is 9.01. The van der Waals surface area contributed by atoms with Crippen molar-refractivity contribution in [3.8, 4) is 11.4 Å². The summed E-state index contributed by atoms with van der Waals surface area (Å²) in [5.74, 6) is 0.0560. The van der Waals surface area contributed by atoms with Gasteiger partial charge in [-0.1, -0.05) is 13.3 Å². The van der Waals surface area contributed by atoms with Gasteiger partial charge in [0.05, 0.1) is 23.2 Å². The number of hydrogen-bond donors (Lipinski definition) is 0. The zero-order valence-electron chi connectivity index (χ0n) is 15.4. The monoisotopic (exact) mass is 400 g/mol. The van der Waals surface area contributed by atoms with E-state index in [1.54, 1.807) is 37.4 Å². The van der Waals surface area contributed by atoms with Crippen molar-refractivity contribution in [2.75, 3.05) is 6.61 Å². The molecule has 3 aromatic heterocycles. The predicted octanol–water partition coefficient (Wildman–Crippen LogP) is 4.36. The third-order valence-corrected chi connectivity index (χ3v) is 4.92. The Morgan fingerprint density at radius 1 is 1.29 bits per heavy atom. The largest absolute Gasteiger partial charge is 0.494 e. The molecule has 0 saturated carbocycles. The minimum atomic E-state index is -0.480. The first-order chi connectivity index (χ1) is 13.5. The highest BCUT2D eigenvalue weighted by molar-refractivity contribution is 6.20. The van der Waals surface area contributed by atoms with Crippen LogP contribution in [0.4, 0.5) is 4.39 Å². The fourth-order valence-corrected chi connectivity index (χ4v) is 3.42. The predicted molar refractivity (Wildman–Crippen MR) is 107 cm³/mol. The number of nitrogens with zero attached hydrogens (tertiary/aromatic N) is 4. The van der Waals surface area contributed by atoms with Gasteiger partial charge < -0.3 is 4.74 Å². The zero-order valence-corrected chi connectivity index (χ0v) is 16.2. The molecule has 0 atom stereocenters. The van der Waals surface area contributed by atoms with Gasteiger partial charge in [-0.05, 0) is 37.6 Å². The molecular formula is C20H18ClFN4O2. The van der Waals surface area contributed by atoms with Crippen LogP contribution >= 0.6 is 11.8 Å². The molecule has 4 aromatic rings. The van der Waals surface area contributed by atoms with Crippen molar-refractivity contribution >= 4 is 33.7 Å². The summed E-state index contributed by atoms with van der Waals surface area (Å²) in [5, 5.41) is 4.72. The quantitative estimate of drug-likeness (QED) is 0.467. The molecule has 0 aliphatic heterocycles. The minimum absolute atomic E-state index is 0.186. The second kappa shape index (κ2) is 7.24. The molecule has 0 amide bonds. The van der Waals surface area contributed by atoms with E-state index in [1.165, 1.54) is 10.7 Å². The molecule has 0 N–H and O–H groups in total. The smallest absolute Gasteiger partial charge is 0.277 e. The van der Waals surface area contributed by atoms with E-state index in [1.807, 2.05) is 0 Å². The first-order valence-corrected chi connectivity index (χ1v) is 9.34. The molecule has 0 aliphatic carbocycles. The normalized spacial score (nSPS) is 11.4. The number of halogens is 2. The van der Waals surface area contributed by atoms with Crippen molar-refractivity contribution in [2.24, 2.45) is 0 Å². The molecule has 0 fully saturated rings. The molecule has 0 radical (unpaired) electrons. The topological polar surface area (TPSA) is 61.9 Å². The van der Waals surface area contributed by atoms with E-state index in [-0.39, 0.29) is 5.69 Å². The summed E-state index contributed by atoms with van der Waals surface area (Å²) in [6, 6.07) is 7.86. The number of pyridine rings is 2. The number of ether oxygens (including phenoxy) is 1. The van der Waals surface area contributed by atoms with Gasteiger partial charge in [0.1, 0.15) is 28.3 Å². The molecule has 3 heterocycles.